The van der Waals surface area contributed by atoms with Crippen LogP contribution in [0.4, 0.5) is 5.95 Å². The Morgan fingerprint density at radius 1 is 1.06 bits per heavy atom. The summed E-state index contributed by atoms with van der Waals surface area (Å²) in [6.07, 6.45) is 15.1. The normalized spacial score (nSPS) is 15.6. The first-order chi connectivity index (χ1) is 15.1. The molecule has 1 aliphatic heterocycles. The summed E-state index contributed by atoms with van der Waals surface area (Å²) in [7, 11) is 3.68. The Hall–Kier alpha value is -1.73. The van der Waals surface area contributed by atoms with Gasteiger partial charge in [0.15, 0.2) is 0 Å². The van der Waals surface area contributed by atoms with Crippen LogP contribution in [0.25, 0.3) is 0 Å². The second-order valence-electron chi connectivity index (χ2n) is 8.72. The molecule has 0 bridgehead atoms. The summed E-state index contributed by atoms with van der Waals surface area (Å²) in [5.74, 6) is 0.876. The molecule has 1 aliphatic rings. The molecule has 1 amide bonds. The standard InChI is InChI=1S/C24H43N5O2/c1-4-5-6-7-8-9-10-21-19-27-23(28-20-21)29(16-14-25-2)15-11-24(22(30)26-3)12-17-31-18-13-24/h19-20,25H,4-18H2,1-3H3,(H,26,30). The minimum atomic E-state index is -0.359. The van der Waals surface area contributed by atoms with Crippen molar-refractivity contribution in [3.8, 4) is 0 Å². The van der Waals surface area contributed by atoms with E-state index in [2.05, 4.69) is 32.4 Å². The molecule has 1 saturated heterocycles. The van der Waals surface area contributed by atoms with E-state index in [0.29, 0.717) is 13.2 Å². The lowest BCUT2D eigenvalue weighted by Gasteiger charge is -2.37. The average molecular weight is 434 g/mol. The van der Waals surface area contributed by atoms with Crippen LogP contribution in [0.2, 0.25) is 0 Å². The fourth-order valence-corrected chi connectivity index (χ4v) is 4.28. The minimum absolute atomic E-state index is 0.125. The van der Waals surface area contributed by atoms with Gasteiger partial charge in [-0.2, -0.15) is 0 Å². The van der Waals surface area contributed by atoms with Crippen LogP contribution in [0.3, 0.4) is 0 Å². The third kappa shape index (κ3) is 8.37. The molecule has 2 heterocycles. The van der Waals surface area contributed by atoms with Crippen molar-refractivity contribution in [2.75, 3.05) is 51.8 Å². The number of rotatable bonds is 15. The van der Waals surface area contributed by atoms with Crippen molar-refractivity contribution in [2.45, 2.75) is 71.1 Å². The van der Waals surface area contributed by atoms with Crippen molar-refractivity contribution in [1.29, 1.82) is 0 Å². The number of nitrogens with one attached hydrogen (secondary N) is 2. The Bertz CT molecular complexity index is 617. The summed E-state index contributed by atoms with van der Waals surface area (Å²) < 4.78 is 5.52. The molecule has 2 rings (SSSR count). The fraction of sp³-hybridized carbons (Fsp3) is 0.792. The first kappa shape index (κ1) is 25.5. The number of ether oxygens (including phenoxy) is 1. The third-order valence-electron chi connectivity index (χ3n) is 6.44. The Balaban J connectivity index is 1.94. The van der Waals surface area contributed by atoms with Crippen LogP contribution in [0.15, 0.2) is 12.4 Å². The molecule has 31 heavy (non-hydrogen) atoms. The SMILES string of the molecule is CCCCCCCCc1cnc(N(CCNC)CCC2(C(=O)NC)CCOCC2)nc1. The third-order valence-corrected chi connectivity index (χ3v) is 6.44. The number of unbranched alkanes of at least 4 members (excludes halogenated alkanes) is 5. The van der Waals surface area contributed by atoms with Gasteiger partial charge in [-0.05, 0) is 44.7 Å². The molecule has 0 atom stereocenters. The number of likely N-dealkylation sites (N-methyl/N-ethyl adjacent to an activating group) is 1. The zero-order valence-electron chi connectivity index (χ0n) is 19.9. The van der Waals surface area contributed by atoms with Crippen molar-refractivity contribution in [1.82, 2.24) is 20.6 Å². The summed E-state index contributed by atoms with van der Waals surface area (Å²) in [5, 5.41) is 6.08. The van der Waals surface area contributed by atoms with E-state index in [-0.39, 0.29) is 11.3 Å². The molecule has 2 N–H and O–H groups in total. The van der Waals surface area contributed by atoms with E-state index < -0.39 is 0 Å². The number of hydrogen-bond acceptors (Lipinski definition) is 6. The van der Waals surface area contributed by atoms with Crippen LogP contribution >= 0.6 is 0 Å². The monoisotopic (exact) mass is 433 g/mol. The molecule has 7 heteroatoms. The van der Waals surface area contributed by atoms with Crippen LogP contribution < -0.4 is 15.5 Å². The highest BCUT2D eigenvalue weighted by atomic mass is 16.5. The van der Waals surface area contributed by atoms with Gasteiger partial charge in [0.25, 0.3) is 0 Å². The maximum atomic E-state index is 12.7. The van der Waals surface area contributed by atoms with Crippen molar-refractivity contribution >= 4 is 11.9 Å². The quantitative estimate of drug-likeness (QED) is 0.413. The summed E-state index contributed by atoms with van der Waals surface area (Å²) >= 11 is 0. The van der Waals surface area contributed by atoms with Crippen LogP contribution in [-0.4, -0.2) is 62.8 Å². The number of anilines is 1. The Morgan fingerprint density at radius 2 is 1.74 bits per heavy atom. The van der Waals surface area contributed by atoms with Gasteiger partial charge in [-0.1, -0.05) is 39.0 Å². The second kappa shape index (κ2) is 14.4. The summed E-state index contributed by atoms with van der Waals surface area (Å²) in [6.45, 7) is 5.96. The highest BCUT2D eigenvalue weighted by Crippen LogP contribution is 2.35. The molecule has 0 unspecified atom stereocenters. The lowest BCUT2D eigenvalue weighted by atomic mass is 9.76. The Kier molecular flexibility index (Phi) is 11.8. The van der Waals surface area contributed by atoms with Gasteiger partial charge in [-0.15, -0.1) is 0 Å². The highest BCUT2D eigenvalue weighted by molar-refractivity contribution is 5.82. The largest absolute Gasteiger partial charge is 0.381 e. The first-order valence-corrected chi connectivity index (χ1v) is 12.2. The zero-order valence-corrected chi connectivity index (χ0v) is 19.9. The number of aromatic nitrogens is 2. The molecule has 1 aromatic heterocycles. The lowest BCUT2D eigenvalue weighted by molar-refractivity contribution is -0.136. The second-order valence-corrected chi connectivity index (χ2v) is 8.72. The number of aryl methyl sites for hydroxylation is 1. The van der Waals surface area contributed by atoms with Crippen molar-refractivity contribution in [3.05, 3.63) is 18.0 Å². The van der Waals surface area contributed by atoms with Gasteiger partial charge >= 0.3 is 0 Å². The Labute approximate surface area is 188 Å². The van der Waals surface area contributed by atoms with Gasteiger partial charge in [0, 0.05) is 52.3 Å². The topological polar surface area (TPSA) is 79.4 Å². The van der Waals surface area contributed by atoms with Gasteiger partial charge in [0.1, 0.15) is 0 Å². The fourth-order valence-electron chi connectivity index (χ4n) is 4.28. The van der Waals surface area contributed by atoms with Crippen molar-refractivity contribution < 1.29 is 9.53 Å². The van der Waals surface area contributed by atoms with Crippen LogP contribution in [-0.2, 0) is 16.0 Å². The van der Waals surface area contributed by atoms with Crippen LogP contribution in [0.5, 0.6) is 0 Å². The Morgan fingerprint density at radius 3 is 2.39 bits per heavy atom. The van der Waals surface area contributed by atoms with Gasteiger partial charge < -0.3 is 20.3 Å². The summed E-state index contributed by atoms with van der Waals surface area (Å²) in [5.41, 5.74) is 0.849. The molecular weight excluding hydrogens is 390 g/mol. The van der Waals surface area contributed by atoms with Gasteiger partial charge in [0.2, 0.25) is 11.9 Å². The molecule has 0 aromatic carbocycles. The maximum absolute atomic E-state index is 12.7. The molecule has 1 fully saturated rings. The first-order valence-electron chi connectivity index (χ1n) is 12.2. The number of hydrogen-bond donors (Lipinski definition) is 2. The molecular formula is C24H43N5O2. The highest BCUT2D eigenvalue weighted by Gasteiger charge is 2.39. The number of carbonyl (C=O) groups excluding carboxylic acids is 1. The van der Waals surface area contributed by atoms with E-state index in [1.807, 2.05) is 19.4 Å². The van der Waals surface area contributed by atoms with E-state index in [4.69, 9.17) is 4.74 Å². The molecule has 0 saturated carbocycles. The number of carbonyl (C=O) groups is 1. The van der Waals surface area contributed by atoms with E-state index in [1.54, 1.807) is 7.05 Å². The molecule has 7 nitrogen and oxygen atoms in total. The molecule has 0 radical (unpaired) electrons. The van der Waals surface area contributed by atoms with Crippen LogP contribution in [0, 0.1) is 5.41 Å². The van der Waals surface area contributed by atoms with E-state index in [9.17, 15) is 4.79 Å². The van der Waals surface area contributed by atoms with Gasteiger partial charge in [-0.25, -0.2) is 9.97 Å². The van der Waals surface area contributed by atoms with Gasteiger partial charge in [-0.3, -0.25) is 4.79 Å². The number of nitrogens with zero attached hydrogens (tertiary/aromatic N) is 3. The molecule has 0 spiro atoms. The van der Waals surface area contributed by atoms with Crippen LogP contribution in [0.1, 0.15) is 70.3 Å². The van der Waals surface area contributed by atoms with E-state index >= 15 is 0 Å². The summed E-state index contributed by atoms with van der Waals surface area (Å²) in [4.78, 5) is 24.2. The smallest absolute Gasteiger partial charge is 0.226 e. The molecule has 1 aromatic rings. The average Bonchev–Trinajstić information content (AvgIpc) is 2.82. The molecule has 0 aliphatic carbocycles. The minimum Gasteiger partial charge on any atom is -0.381 e. The van der Waals surface area contributed by atoms with E-state index in [1.165, 1.54) is 44.1 Å². The van der Waals surface area contributed by atoms with Crippen molar-refractivity contribution in [2.24, 2.45) is 5.41 Å². The van der Waals surface area contributed by atoms with Crippen molar-refractivity contribution in [3.63, 3.8) is 0 Å². The number of amides is 1. The zero-order chi connectivity index (χ0) is 22.4. The predicted molar refractivity (Wildman–Crippen MR) is 126 cm³/mol. The van der Waals surface area contributed by atoms with Gasteiger partial charge in [0.05, 0.1) is 5.41 Å². The lowest BCUT2D eigenvalue weighted by Crippen LogP contribution is -2.46. The maximum Gasteiger partial charge on any atom is 0.226 e. The molecule has 176 valence electrons. The summed E-state index contributed by atoms with van der Waals surface area (Å²) in [6, 6.07) is 0. The van der Waals surface area contributed by atoms with E-state index in [0.717, 1.165) is 51.3 Å². The predicted octanol–water partition coefficient (Wildman–Crippen LogP) is 3.34.